The van der Waals surface area contributed by atoms with E-state index >= 15 is 0 Å². The zero-order chi connectivity index (χ0) is 14.6. The van der Waals surface area contributed by atoms with Crippen LogP contribution in [-0.4, -0.2) is 49.4 Å². The molecule has 0 saturated carbocycles. The molecule has 1 aliphatic rings. The van der Waals surface area contributed by atoms with E-state index in [-0.39, 0.29) is 6.10 Å². The zero-order valence-electron chi connectivity index (χ0n) is 11.4. The quantitative estimate of drug-likeness (QED) is 0.536. The number of esters is 3. The minimum atomic E-state index is -1.10. The lowest BCUT2D eigenvalue weighted by atomic mass is 9.98. The zero-order valence-corrected chi connectivity index (χ0v) is 11.4. The normalized spacial score (nSPS) is 30.3. The molecular formula is C12H18O7. The number of ether oxygens (including phenoxy) is 4. The second-order valence-corrected chi connectivity index (χ2v) is 4.35. The Morgan fingerprint density at radius 3 is 2.16 bits per heavy atom. The highest BCUT2D eigenvalue weighted by molar-refractivity contribution is 5.77. The predicted octanol–water partition coefficient (Wildman–Crippen LogP) is 0.200. The minimum Gasteiger partial charge on any atom is -0.467 e. The van der Waals surface area contributed by atoms with Gasteiger partial charge >= 0.3 is 17.9 Å². The van der Waals surface area contributed by atoms with E-state index in [1.165, 1.54) is 21.0 Å². The van der Waals surface area contributed by atoms with Crippen LogP contribution in [0.25, 0.3) is 0 Å². The van der Waals surface area contributed by atoms with Gasteiger partial charge in [-0.3, -0.25) is 9.59 Å². The molecule has 7 heteroatoms. The van der Waals surface area contributed by atoms with Crippen molar-refractivity contribution in [2.24, 2.45) is 0 Å². The largest absolute Gasteiger partial charge is 0.467 e. The van der Waals surface area contributed by atoms with Gasteiger partial charge in [0.1, 0.15) is 6.10 Å². The van der Waals surface area contributed by atoms with Crippen LogP contribution in [0.4, 0.5) is 0 Å². The van der Waals surface area contributed by atoms with Gasteiger partial charge in [-0.15, -0.1) is 0 Å². The fourth-order valence-corrected chi connectivity index (χ4v) is 2.00. The van der Waals surface area contributed by atoms with Crippen LogP contribution in [0.3, 0.4) is 0 Å². The molecule has 1 saturated heterocycles. The van der Waals surface area contributed by atoms with Crippen LogP contribution >= 0.6 is 0 Å². The monoisotopic (exact) mass is 274 g/mol. The highest BCUT2D eigenvalue weighted by Gasteiger charge is 2.46. The number of methoxy groups -OCH3 is 1. The molecule has 0 bridgehead atoms. The number of carbonyl (C=O) groups excluding carboxylic acids is 3. The first-order chi connectivity index (χ1) is 8.85. The van der Waals surface area contributed by atoms with Crippen LogP contribution in [0, 0.1) is 0 Å². The molecule has 0 aromatic heterocycles. The molecular weight excluding hydrogens is 256 g/mol. The fourth-order valence-electron chi connectivity index (χ4n) is 2.00. The molecule has 1 fully saturated rings. The Morgan fingerprint density at radius 2 is 1.68 bits per heavy atom. The molecule has 1 rings (SSSR count). The molecule has 0 radical (unpaired) electrons. The van der Waals surface area contributed by atoms with E-state index in [1.807, 2.05) is 0 Å². The Kier molecular flexibility index (Phi) is 5.29. The standard InChI is InChI=1S/C12H18O7/c1-6-5-9(18-7(2)13)10(19-8(3)14)11(17-6)12(15)16-4/h6,9-11H,5H2,1-4H3/t6?,9-,10+,11+/m1/s1. The number of hydrogen-bond donors (Lipinski definition) is 0. The summed E-state index contributed by atoms with van der Waals surface area (Å²) in [7, 11) is 1.20. The Hall–Kier alpha value is -1.63. The highest BCUT2D eigenvalue weighted by atomic mass is 16.6. The Bertz CT molecular complexity index is 365. The fraction of sp³-hybridized carbons (Fsp3) is 0.750. The van der Waals surface area contributed by atoms with E-state index in [1.54, 1.807) is 6.92 Å². The average molecular weight is 274 g/mol. The van der Waals surface area contributed by atoms with Crippen LogP contribution in [0.1, 0.15) is 27.2 Å². The van der Waals surface area contributed by atoms with Crippen molar-refractivity contribution < 1.29 is 33.3 Å². The van der Waals surface area contributed by atoms with Gasteiger partial charge in [0.15, 0.2) is 12.2 Å². The predicted molar refractivity (Wildman–Crippen MR) is 62.1 cm³/mol. The molecule has 108 valence electrons. The van der Waals surface area contributed by atoms with E-state index in [9.17, 15) is 14.4 Å². The van der Waals surface area contributed by atoms with Gasteiger partial charge in [-0.25, -0.2) is 4.79 Å². The summed E-state index contributed by atoms with van der Waals surface area (Å²) in [6.07, 6.45) is -2.80. The van der Waals surface area contributed by atoms with Gasteiger partial charge in [-0.05, 0) is 6.92 Å². The van der Waals surface area contributed by atoms with Gasteiger partial charge in [-0.2, -0.15) is 0 Å². The van der Waals surface area contributed by atoms with Crippen LogP contribution in [0.2, 0.25) is 0 Å². The molecule has 0 aromatic carbocycles. The third-order valence-electron chi connectivity index (χ3n) is 2.66. The number of carbonyl (C=O) groups is 3. The first-order valence-electron chi connectivity index (χ1n) is 5.92. The van der Waals surface area contributed by atoms with E-state index in [0.717, 1.165) is 0 Å². The number of rotatable bonds is 3. The van der Waals surface area contributed by atoms with Gasteiger partial charge < -0.3 is 18.9 Å². The maximum absolute atomic E-state index is 11.7. The van der Waals surface area contributed by atoms with Crippen molar-refractivity contribution >= 4 is 17.9 Å². The molecule has 1 aliphatic heterocycles. The van der Waals surface area contributed by atoms with Gasteiger partial charge in [0.2, 0.25) is 0 Å². The van der Waals surface area contributed by atoms with E-state index in [0.29, 0.717) is 6.42 Å². The summed E-state index contributed by atoms with van der Waals surface area (Å²) in [5.41, 5.74) is 0. The summed E-state index contributed by atoms with van der Waals surface area (Å²) in [5, 5.41) is 0. The van der Waals surface area contributed by atoms with Gasteiger partial charge in [-0.1, -0.05) is 0 Å². The Balaban J connectivity index is 2.94. The Morgan fingerprint density at radius 1 is 1.11 bits per heavy atom. The second kappa shape index (κ2) is 6.51. The maximum atomic E-state index is 11.7. The molecule has 7 nitrogen and oxygen atoms in total. The molecule has 0 aromatic rings. The Labute approximate surface area is 111 Å². The summed E-state index contributed by atoms with van der Waals surface area (Å²) >= 11 is 0. The molecule has 0 aliphatic carbocycles. The van der Waals surface area contributed by atoms with E-state index in [4.69, 9.17) is 14.2 Å². The molecule has 0 N–H and O–H groups in total. The van der Waals surface area contributed by atoms with Crippen molar-refractivity contribution in [3.8, 4) is 0 Å². The van der Waals surface area contributed by atoms with Crippen molar-refractivity contribution in [3.05, 3.63) is 0 Å². The molecule has 1 heterocycles. The molecule has 4 atom stereocenters. The van der Waals surface area contributed by atoms with Crippen molar-refractivity contribution in [3.63, 3.8) is 0 Å². The molecule has 0 spiro atoms. The van der Waals surface area contributed by atoms with Crippen LogP contribution in [0.5, 0.6) is 0 Å². The lowest BCUT2D eigenvalue weighted by molar-refractivity contribution is -0.213. The average Bonchev–Trinajstić information content (AvgIpc) is 2.30. The summed E-state index contributed by atoms with van der Waals surface area (Å²) < 4.78 is 20.2. The van der Waals surface area contributed by atoms with Gasteiger partial charge in [0.05, 0.1) is 13.2 Å². The third-order valence-corrected chi connectivity index (χ3v) is 2.66. The SMILES string of the molecule is COC(=O)[C@H]1OC(C)C[C@@H](OC(C)=O)[C@@H]1OC(C)=O. The van der Waals surface area contributed by atoms with Gasteiger partial charge in [0.25, 0.3) is 0 Å². The lowest BCUT2D eigenvalue weighted by Gasteiger charge is -2.37. The van der Waals surface area contributed by atoms with E-state index < -0.39 is 36.2 Å². The van der Waals surface area contributed by atoms with Gasteiger partial charge in [0, 0.05) is 20.3 Å². The van der Waals surface area contributed by atoms with Crippen LogP contribution in [0.15, 0.2) is 0 Å². The van der Waals surface area contributed by atoms with Crippen molar-refractivity contribution in [2.45, 2.75) is 51.6 Å². The summed E-state index contributed by atoms with van der Waals surface area (Å²) in [6.45, 7) is 4.19. The first kappa shape index (κ1) is 15.4. The summed E-state index contributed by atoms with van der Waals surface area (Å²) in [4.78, 5) is 33.8. The lowest BCUT2D eigenvalue weighted by Crippen LogP contribution is -2.54. The minimum absolute atomic E-state index is 0.319. The summed E-state index contributed by atoms with van der Waals surface area (Å²) in [5.74, 6) is -1.77. The second-order valence-electron chi connectivity index (χ2n) is 4.35. The van der Waals surface area contributed by atoms with Crippen molar-refractivity contribution in [1.82, 2.24) is 0 Å². The van der Waals surface area contributed by atoms with Crippen molar-refractivity contribution in [1.29, 1.82) is 0 Å². The molecule has 0 amide bonds. The topological polar surface area (TPSA) is 88.1 Å². The van der Waals surface area contributed by atoms with Crippen LogP contribution < -0.4 is 0 Å². The highest BCUT2D eigenvalue weighted by Crippen LogP contribution is 2.26. The smallest absolute Gasteiger partial charge is 0.339 e. The molecule has 19 heavy (non-hydrogen) atoms. The van der Waals surface area contributed by atoms with Crippen molar-refractivity contribution in [2.75, 3.05) is 7.11 Å². The summed E-state index contributed by atoms with van der Waals surface area (Å²) in [6, 6.07) is 0. The molecule has 1 unspecified atom stereocenters. The maximum Gasteiger partial charge on any atom is 0.339 e. The van der Waals surface area contributed by atoms with Crippen LogP contribution in [-0.2, 0) is 33.3 Å². The first-order valence-corrected chi connectivity index (χ1v) is 5.92. The van der Waals surface area contributed by atoms with E-state index in [2.05, 4.69) is 4.74 Å². The number of hydrogen-bond acceptors (Lipinski definition) is 7. The third kappa shape index (κ3) is 4.20.